The van der Waals surface area contributed by atoms with Crippen molar-refractivity contribution in [2.75, 3.05) is 0 Å². The fourth-order valence-corrected chi connectivity index (χ4v) is 2.46. The van der Waals surface area contributed by atoms with Crippen LogP contribution in [-0.2, 0) is 4.74 Å². The maximum atomic E-state index is 11.7. The molecule has 3 heteroatoms. The van der Waals surface area contributed by atoms with Gasteiger partial charge >= 0.3 is 5.97 Å². The first kappa shape index (κ1) is 11.1. The topological polar surface area (TPSA) is 26.3 Å². The molecule has 0 saturated carbocycles. The lowest BCUT2D eigenvalue weighted by Crippen LogP contribution is -2.09. The molecule has 0 unspecified atom stereocenters. The third-order valence-electron chi connectivity index (χ3n) is 2.22. The van der Waals surface area contributed by atoms with Crippen molar-refractivity contribution in [1.82, 2.24) is 0 Å². The first-order chi connectivity index (χ1) is 7.56. The van der Waals surface area contributed by atoms with Crippen molar-refractivity contribution in [3.63, 3.8) is 0 Å². The van der Waals surface area contributed by atoms with Crippen LogP contribution in [0.15, 0.2) is 24.3 Å². The van der Waals surface area contributed by atoms with Gasteiger partial charge in [0.1, 0.15) is 4.88 Å². The van der Waals surface area contributed by atoms with Crippen molar-refractivity contribution in [1.29, 1.82) is 0 Å². The molecule has 2 aromatic rings. The molecule has 0 saturated heterocycles. The van der Waals surface area contributed by atoms with Gasteiger partial charge in [-0.05, 0) is 38.3 Å². The highest BCUT2D eigenvalue weighted by molar-refractivity contribution is 7.20. The third kappa shape index (κ3) is 2.25. The van der Waals surface area contributed by atoms with Gasteiger partial charge in [0, 0.05) is 4.70 Å². The zero-order chi connectivity index (χ0) is 11.7. The molecule has 0 spiro atoms. The summed E-state index contributed by atoms with van der Waals surface area (Å²) in [6.45, 7) is 5.76. The first-order valence-electron chi connectivity index (χ1n) is 5.27. The van der Waals surface area contributed by atoms with Crippen molar-refractivity contribution in [2.24, 2.45) is 0 Å². The van der Waals surface area contributed by atoms with Crippen LogP contribution < -0.4 is 0 Å². The molecule has 0 fully saturated rings. The summed E-state index contributed by atoms with van der Waals surface area (Å²) in [4.78, 5) is 12.4. The summed E-state index contributed by atoms with van der Waals surface area (Å²) in [6, 6.07) is 8.08. The molecule has 0 bridgehead atoms. The Morgan fingerprint density at radius 2 is 2.06 bits per heavy atom. The van der Waals surface area contributed by atoms with Crippen LogP contribution >= 0.6 is 11.3 Å². The van der Waals surface area contributed by atoms with E-state index in [1.54, 1.807) is 0 Å². The van der Waals surface area contributed by atoms with Gasteiger partial charge in [0.25, 0.3) is 0 Å². The van der Waals surface area contributed by atoms with E-state index in [4.69, 9.17) is 4.74 Å². The molecule has 84 valence electrons. The number of benzene rings is 1. The Balaban J connectivity index is 2.36. The second-order valence-electron chi connectivity index (χ2n) is 4.11. The summed E-state index contributed by atoms with van der Waals surface area (Å²) in [5.41, 5.74) is 1.20. The van der Waals surface area contributed by atoms with E-state index >= 15 is 0 Å². The van der Waals surface area contributed by atoms with Gasteiger partial charge < -0.3 is 4.74 Å². The van der Waals surface area contributed by atoms with Crippen LogP contribution in [0.25, 0.3) is 10.1 Å². The molecule has 16 heavy (non-hydrogen) atoms. The fourth-order valence-electron chi connectivity index (χ4n) is 1.54. The van der Waals surface area contributed by atoms with Crippen molar-refractivity contribution < 1.29 is 9.53 Å². The van der Waals surface area contributed by atoms with E-state index in [0.29, 0.717) is 4.88 Å². The molecule has 1 aromatic carbocycles. The summed E-state index contributed by atoms with van der Waals surface area (Å²) in [5, 5.41) is 1.11. The molecule has 0 aliphatic carbocycles. The molecule has 1 heterocycles. The minimum absolute atomic E-state index is 0.0700. The number of carbonyl (C=O) groups excluding carboxylic acids is 1. The largest absolute Gasteiger partial charge is 0.459 e. The Morgan fingerprint density at radius 3 is 2.75 bits per heavy atom. The van der Waals surface area contributed by atoms with Gasteiger partial charge in [-0.3, -0.25) is 0 Å². The van der Waals surface area contributed by atoms with Gasteiger partial charge in [0.15, 0.2) is 0 Å². The average molecular weight is 234 g/mol. The van der Waals surface area contributed by atoms with Gasteiger partial charge in [-0.25, -0.2) is 4.79 Å². The smallest absolute Gasteiger partial charge is 0.348 e. The van der Waals surface area contributed by atoms with Crippen LogP contribution in [0.1, 0.15) is 29.1 Å². The van der Waals surface area contributed by atoms with Gasteiger partial charge in [-0.15, -0.1) is 11.3 Å². The van der Waals surface area contributed by atoms with Crippen LogP contribution in [0.4, 0.5) is 0 Å². The molecule has 0 aliphatic heterocycles. The summed E-state index contributed by atoms with van der Waals surface area (Å²) >= 11 is 1.48. The van der Waals surface area contributed by atoms with Crippen LogP contribution in [-0.4, -0.2) is 12.1 Å². The van der Waals surface area contributed by atoms with E-state index in [1.807, 2.05) is 32.9 Å². The van der Waals surface area contributed by atoms with E-state index in [0.717, 1.165) is 10.1 Å². The number of esters is 1. The Bertz CT molecular complexity index is 526. The molecule has 2 rings (SSSR count). The maximum Gasteiger partial charge on any atom is 0.348 e. The Labute approximate surface area is 98.9 Å². The number of rotatable bonds is 2. The average Bonchev–Trinajstić information content (AvgIpc) is 2.59. The number of hydrogen-bond acceptors (Lipinski definition) is 3. The lowest BCUT2D eigenvalue weighted by atomic mass is 10.2. The maximum absolute atomic E-state index is 11.7. The minimum Gasteiger partial charge on any atom is -0.459 e. The Morgan fingerprint density at radius 1 is 1.31 bits per heavy atom. The molecule has 0 amide bonds. The molecule has 1 aromatic heterocycles. The molecule has 2 nitrogen and oxygen atoms in total. The molecule has 0 N–H and O–H groups in total. The predicted octanol–water partition coefficient (Wildman–Crippen LogP) is 3.77. The lowest BCUT2D eigenvalue weighted by Gasteiger charge is -2.05. The number of aryl methyl sites for hydroxylation is 1. The summed E-state index contributed by atoms with van der Waals surface area (Å²) < 4.78 is 6.29. The molecule has 0 radical (unpaired) electrons. The normalized spacial score (nSPS) is 11.0. The minimum atomic E-state index is -0.228. The molecular formula is C13H14O2S. The molecular weight excluding hydrogens is 220 g/mol. The van der Waals surface area contributed by atoms with E-state index in [-0.39, 0.29) is 12.1 Å². The number of carbonyl (C=O) groups is 1. The van der Waals surface area contributed by atoms with Gasteiger partial charge in [0.05, 0.1) is 6.10 Å². The van der Waals surface area contributed by atoms with E-state index in [1.165, 1.54) is 16.9 Å². The van der Waals surface area contributed by atoms with Gasteiger partial charge in [-0.2, -0.15) is 0 Å². The highest BCUT2D eigenvalue weighted by Crippen LogP contribution is 2.27. The number of thiophene rings is 1. The van der Waals surface area contributed by atoms with Crippen LogP contribution in [0.2, 0.25) is 0 Å². The lowest BCUT2D eigenvalue weighted by molar-refractivity contribution is 0.0384. The third-order valence-corrected chi connectivity index (χ3v) is 3.31. The Hall–Kier alpha value is -1.35. The van der Waals surface area contributed by atoms with Gasteiger partial charge in [0.2, 0.25) is 0 Å². The van der Waals surface area contributed by atoms with E-state index in [9.17, 15) is 4.79 Å². The number of hydrogen-bond donors (Lipinski definition) is 0. The highest BCUT2D eigenvalue weighted by atomic mass is 32.1. The summed E-state index contributed by atoms with van der Waals surface area (Å²) in [6.07, 6.45) is -0.0700. The Kier molecular flexibility index (Phi) is 2.97. The zero-order valence-electron chi connectivity index (χ0n) is 9.61. The SMILES string of the molecule is Cc1ccc2sc(C(=O)OC(C)C)cc2c1. The van der Waals surface area contributed by atoms with Crippen molar-refractivity contribution in [2.45, 2.75) is 26.9 Å². The number of fused-ring (bicyclic) bond motifs is 1. The monoisotopic (exact) mass is 234 g/mol. The van der Waals surface area contributed by atoms with Crippen LogP contribution in [0, 0.1) is 6.92 Å². The summed E-state index contributed by atoms with van der Waals surface area (Å²) in [7, 11) is 0. The zero-order valence-corrected chi connectivity index (χ0v) is 10.4. The standard InChI is InChI=1S/C13H14O2S/c1-8(2)15-13(14)12-7-10-6-9(3)4-5-11(10)16-12/h4-8H,1-3H3. The molecule has 0 atom stereocenters. The fraction of sp³-hybridized carbons (Fsp3) is 0.308. The number of ether oxygens (including phenoxy) is 1. The van der Waals surface area contributed by atoms with Crippen LogP contribution in [0.3, 0.4) is 0 Å². The van der Waals surface area contributed by atoms with Crippen LogP contribution in [0.5, 0.6) is 0 Å². The second kappa shape index (κ2) is 4.26. The van der Waals surface area contributed by atoms with Crippen molar-refractivity contribution in [3.05, 3.63) is 34.7 Å². The first-order valence-corrected chi connectivity index (χ1v) is 6.09. The van der Waals surface area contributed by atoms with Crippen molar-refractivity contribution >= 4 is 27.4 Å². The summed E-state index contributed by atoms with van der Waals surface area (Å²) in [5.74, 6) is -0.228. The predicted molar refractivity (Wildman–Crippen MR) is 67.1 cm³/mol. The van der Waals surface area contributed by atoms with Gasteiger partial charge in [-0.1, -0.05) is 17.7 Å². The quantitative estimate of drug-likeness (QED) is 0.739. The second-order valence-corrected chi connectivity index (χ2v) is 5.19. The van der Waals surface area contributed by atoms with E-state index < -0.39 is 0 Å². The highest BCUT2D eigenvalue weighted by Gasteiger charge is 2.12. The van der Waals surface area contributed by atoms with E-state index in [2.05, 4.69) is 12.1 Å². The molecule has 0 aliphatic rings. The van der Waals surface area contributed by atoms with Crippen molar-refractivity contribution in [3.8, 4) is 0 Å².